The van der Waals surface area contributed by atoms with Crippen molar-refractivity contribution in [2.24, 2.45) is 11.1 Å². The molecule has 0 aliphatic carbocycles. The second-order valence-electron chi connectivity index (χ2n) is 5.05. The number of benzene rings is 1. The van der Waals surface area contributed by atoms with Gasteiger partial charge in [-0.05, 0) is 13.3 Å². The van der Waals surface area contributed by atoms with E-state index < -0.39 is 5.41 Å². The highest BCUT2D eigenvalue weighted by Crippen LogP contribution is 2.38. The molecule has 1 aromatic carbocycles. The molecule has 0 fully saturated rings. The topological polar surface area (TPSA) is 73.6 Å². The lowest BCUT2D eigenvalue weighted by Crippen LogP contribution is -2.39. The van der Waals surface area contributed by atoms with Crippen LogP contribution in [0.25, 0.3) is 0 Å². The van der Waals surface area contributed by atoms with Gasteiger partial charge in [-0.3, -0.25) is 4.79 Å². The van der Waals surface area contributed by atoms with Crippen LogP contribution in [0.2, 0.25) is 5.02 Å². The van der Waals surface area contributed by atoms with E-state index in [0.717, 1.165) is 0 Å². The number of ether oxygens (including phenoxy) is 2. The predicted molar refractivity (Wildman–Crippen MR) is 78.5 cm³/mol. The molecule has 0 bridgehead atoms. The highest BCUT2D eigenvalue weighted by atomic mass is 35.5. The fourth-order valence-corrected chi connectivity index (χ4v) is 2.03. The average molecular weight is 299 g/mol. The van der Waals surface area contributed by atoms with E-state index in [9.17, 15) is 4.79 Å². The molecule has 1 unspecified atom stereocenters. The first-order chi connectivity index (χ1) is 9.50. The number of amides is 1. The van der Waals surface area contributed by atoms with E-state index in [1.165, 1.54) is 0 Å². The Morgan fingerprint density at radius 3 is 2.55 bits per heavy atom. The summed E-state index contributed by atoms with van der Waals surface area (Å²) in [5.41, 5.74) is 5.58. The number of carbonyl (C=O) groups is 1. The minimum absolute atomic E-state index is 0.152. The van der Waals surface area contributed by atoms with Gasteiger partial charge in [0.05, 0.1) is 16.1 Å². The molecule has 0 saturated carbocycles. The first-order valence-electron chi connectivity index (χ1n) is 6.61. The number of halogens is 1. The number of nitrogens with two attached hydrogens (primary N) is 1. The maximum Gasteiger partial charge on any atom is 0.231 e. The molecule has 110 valence electrons. The van der Waals surface area contributed by atoms with Crippen LogP contribution in [0.3, 0.4) is 0 Å². The van der Waals surface area contributed by atoms with Crippen LogP contribution in [0.1, 0.15) is 20.3 Å². The average Bonchev–Trinajstić information content (AvgIpc) is 2.47. The quantitative estimate of drug-likeness (QED) is 0.895. The molecule has 1 atom stereocenters. The molecule has 1 aliphatic rings. The van der Waals surface area contributed by atoms with Crippen LogP contribution >= 0.6 is 11.6 Å². The molecule has 1 aliphatic heterocycles. The van der Waals surface area contributed by atoms with Crippen LogP contribution in [0, 0.1) is 5.41 Å². The highest BCUT2D eigenvalue weighted by Gasteiger charge is 2.30. The molecule has 2 rings (SSSR count). The van der Waals surface area contributed by atoms with Crippen molar-refractivity contribution in [3.05, 3.63) is 17.2 Å². The molecule has 0 spiro atoms. The van der Waals surface area contributed by atoms with Gasteiger partial charge in [0.2, 0.25) is 5.91 Å². The number of rotatable bonds is 4. The van der Waals surface area contributed by atoms with E-state index in [1.807, 2.05) is 13.8 Å². The SMILES string of the molecule is CCC(C)(CN)C(=O)Nc1cc2c(cc1Cl)OCCO2. The van der Waals surface area contributed by atoms with E-state index in [4.69, 9.17) is 26.8 Å². The van der Waals surface area contributed by atoms with Crippen LogP contribution in [-0.2, 0) is 4.79 Å². The summed E-state index contributed by atoms with van der Waals surface area (Å²) >= 11 is 6.16. The Hall–Kier alpha value is -1.46. The molecule has 0 saturated heterocycles. The largest absolute Gasteiger partial charge is 0.486 e. The Morgan fingerprint density at radius 2 is 2.00 bits per heavy atom. The van der Waals surface area contributed by atoms with Crippen molar-refractivity contribution in [1.29, 1.82) is 0 Å². The maximum absolute atomic E-state index is 12.3. The Labute approximate surface area is 123 Å². The van der Waals surface area contributed by atoms with Crippen molar-refractivity contribution in [2.45, 2.75) is 20.3 Å². The summed E-state index contributed by atoms with van der Waals surface area (Å²) in [6.07, 6.45) is 0.650. The van der Waals surface area contributed by atoms with Gasteiger partial charge in [-0.2, -0.15) is 0 Å². The fraction of sp³-hybridized carbons (Fsp3) is 0.500. The molecular weight excluding hydrogens is 280 g/mol. The number of hydrogen-bond donors (Lipinski definition) is 2. The molecule has 3 N–H and O–H groups in total. The summed E-state index contributed by atoms with van der Waals surface area (Å²) in [7, 11) is 0. The zero-order valence-electron chi connectivity index (χ0n) is 11.7. The van der Waals surface area contributed by atoms with Crippen LogP contribution in [0.4, 0.5) is 5.69 Å². The Balaban J connectivity index is 2.23. The summed E-state index contributed by atoms with van der Waals surface area (Å²) in [5, 5.41) is 3.23. The van der Waals surface area contributed by atoms with Crippen molar-refractivity contribution in [2.75, 3.05) is 25.1 Å². The van der Waals surface area contributed by atoms with Gasteiger partial charge < -0.3 is 20.5 Å². The van der Waals surface area contributed by atoms with E-state index in [0.29, 0.717) is 41.8 Å². The van der Waals surface area contributed by atoms with Gasteiger partial charge in [0.25, 0.3) is 0 Å². The number of anilines is 1. The lowest BCUT2D eigenvalue weighted by Gasteiger charge is -2.26. The Bertz CT molecular complexity index is 515. The van der Waals surface area contributed by atoms with Crippen LogP contribution < -0.4 is 20.5 Å². The molecule has 1 aromatic rings. The molecule has 0 aromatic heterocycles. The van der Waals surface area contributed by atoms with Gasteiger partial charge in [-0.1, -0.05) is 18.5 Å². The van der Waals surface area contributed by atoms with Gasteiger partial charge in [0.1, 0.15) is 13.2 Å². The van der Waals surface area contributed by atoms with E-state index >= 15 is 0 Å². The van der Waals surface area contributed by atoms with Gasteiger partial charge in [0, 0.05) is 18.7 Å². The molecule has 0 radical (unpaired) electrons. The third kappa shape index (κ3) is 2.83. The van der Waals surface area contributed by atoms with Crippen molar-refractivity contribution in [3.8, 4) is 11.5 Å². The second-order valence-corrected chi connectivity index (χ2v) is 5.46. The van der Waals surface area contributed by atoms with Gasteiger partial charge in [0.15, 0.2) is 11.5 Å². The number of hydrogen-bond acceptors (Lipinski definition) is 4. The van der Waals surface area contributed by atoms with E-state index in [2.05, 4.69) is 5.32 Å². The second kappa shape index (κ2) is 5.89. The lowest BCUT2D eigenvalue weighted by atomic mass is 9.86. The van der Waals surface area contributed by atoms with Crippen LogP contribution in [0.15, 0.2) is 12.1 Å². The number of nitrogens with one attached hydrogen (secondary N) is 1. The molecule has 5 nitrogen and oxygen atoms in total. The van der Waals surface area contributed by atoms with Crippen molar-refractivity contribution < 1.29 is 14.3 Å². The normalized spacial score (nSPS) is 16.4. The molecule has 6 heteroatoms. The minimum Gasteiger partial charge on any atom is -0.486 e. The fourth-order valence-electron chi connectivity index (χ4n) is 1.83. The molecule has 1 amide bonds. The molecule has 1 heterocycles. The Kier molecular flexibility index (Phi) is 4.40. The van der Waals surface area contributed by atoms with Gasteiger partial charge in [-0.25, -0.2) is 0 Å². The van der Waals surface area contributed by atoms with Crippen molar-refractivity contribution >= 4 is 23.2 Å². The molecular formula is C14H19ClN2O3. The first kappa shape index (κ1) is 14.9. The zero-order chi connectivity index (χ0) is 14.8. The van der Waals surface area contributed by atoms with Crippen molar-refractivity contribution in [3.63, 3.8) is 0 Å². The van der Waals surface area contributed by atoms with Crippen LogP contribution in [-0.4, -0.2) is 25.7 Å². The number of carbonyl (C=O) groups excluding carboxylic acids is 1. The smallest absolute Gasteiger partial charge is 0.231 e. The predicted octanol–water partition coefficient (Wildman–Crippen LogP) is 2.42. The third-order valence-electron chi connectivity index (χ3n) is 3.66. The summed E-state index contributed by atoms with van der Waals surface area (Å²) in [6, 6.07) is 3.33. The third-order valence-corrected chi connectivity index (χ3v) is 3.97. The zero-order valence-corrected chi connectivity index (χ0v) is 12.4. The molecule has 20 heavy (non-hydrogen) atoms. The van der Waals surface area contributed by atoms with Gasteiger partial charge in [-0.15, -0.1) is 0 Å². The standard InChI is InChI=1S/C14H19ClN2O3/c1-3-14(2,8-16)13(18)17-10-7-12-11(6-9(10)15)19-4-5-20-12/h6-7H,3-5,8,16H2,1-2H3,(H,17,18). The van der Waals surface area contributed by atoms with Crippen molar-refractivity contribution in [1.82, 2.24) is 0 Å². The van der Waals surface area contributed by atoms with E-state index in [1.54, 1.807) is 12.1 Å². The Morgan fingerprint density at radius 1 is 1.40 bits per heavy atom. The number of fused-ring (bicyclic) bond motifs is 1. The monoisotopic (exact) mass is 298 g/mol. The summed E-state index contributed by atoms with van der Waals surface area (Å²) < 4.78 is 10.9. The summed E-state index contributed by atoms with van der Waals surface area (Å²) in [6.45, 7) is 5.01. The summed E-state index contributed by atoms with van der Waals surface area (Å²) in [4.78, 5) is 12.3. The van der Waals surface area contributed by atoms with Gasteiger partial charge >= 0.3 is 0 Å². The van der Waals surface area contributed by atoms with E-state index in [-0.39, 0.29) is 12.5 Å². The first-order valence-corrected chi connectivity index (χ1v) is 6.98. The van der Waals surface area contributed by atoms with Crippen LogP contribution in [0.5, 0.6) is 11.5 Å². The highest BCUT2D eigenvalue weighted by molar-refractivity contribution is 6.34. The minimum atomic E-state index is -0.614. The maximum atomic E-state index is 12.3. The summed E-state index contributed by atoms with van der Waals surface area (Å²) in [5.74, 6) is 1.03. The lowest BCUT2D eigenvalue weighted by molar-refractivity contribution is -0.124.